The first kappa shape index (κ1) is 14.2. The number of para-hydroxylation sites is 1. The van der Waals surface area contributed by atoms with Crippen molar-refractivity contribution in [1.29, 1.82) is 0 Å². The van der Waals surface area contributed by atoms with Crippen molar-refractivity contribution in [2.24, 2.45) is 5.92 Å². The Balaban J connectivity index is 1.72. The summed E-state index contributed by atoms with van der Waals surface area (Å²) in [6.07, 6.45) is 4.61. The van der Waals surface area contributed by atoms with Crippen molar-refractivity contribution in [3.05, 3.63) is 29.8 Å². The van der Waals surface area contributed by atoms with Crippen LogP contribution in [0, 0.1) is 5.92 Å². The normalized spacial score (nSPS) is 22.1. The molecule has 2 N–H and O–H groups in total. The van der Waals surface area contributed by atoms with Crippen LogP contribution >= 0.6 is 0 Å². The Bertz CT molecular complexity index is 513. The smallest absolute Gasteiger partial charge is 0.320 e. The highest BCUT2D eigenvalue weighted by Crippen LogP contribution is 2.31. The predicted octanol–water partition coefficient (Wildman–Crippen LogP) is 3.09. The van der Waals surface area contributed by atoms with E-state index in [1.165, 1.54) is 6.42 Å². The van der Waals surface area contributed by atoms with Crippen LogP contribution in [0.25, 0.3) is 0 Å². The molecule has 1 aromatic rings. The van der Waals surface area contributed by atoms with Gasteiger partial charge in [0.15, 0.2) is 0 Å². The minimum atomic E-state index is 0.201. The van der Waals surface area contributed by atoms with Gasteiger partial charge in [0.2, 0.25) is 0 Å². The SMILES string of the molecule is CC1CCCN(C(=O)N(Cc2ccccc2N)C2CC2)C1. The van der Waals surface area contributed by atoms with Crippen LogP contribution in [-0.4, -0.2) is 35.0 Å². The van der Waals surface area contributed by atoms with Crippen LogP contribution in [0.15, 0.2) is 24.3 Å². The number of hydrogen-bond donors (Lipinski definition) is 1. The lowest BCUT2D eigenvalue weighted by Crippen LogP contribution is -2.47. The topological polar surface area (TPSA) is 49.6 Å². The van der Waals surface area contributed by atoms with Gasteiger partial charge in [0, 0.05) is 31.4 Å². The Morgan fingerprint density at radius 1 is 1.33 bits per heavy atom. The molecule has 2 aliphatic rings. The monoisotopic (exact) mass is 287 g/mol. The van der Waals surface area contributed by atoms with E-state index in [1.54, 1.807) is 0 Å². The summed E-state index contributed by atoms with van der Waals surface area (Å²) in [4.78, 5) is 16.9. The van der Waals surface area contributed by atoms with Crippen molar-refractivity contribution in [2.45, 2.75) is 45.2 Å². The summed E-state index contributed by atoms with van der Waals surface area (Å²) < 4.78 is 0. The molecule has 4 nitrogen and oxygen atoms in total. The Morgan fingerprint density at radius 2 is 2.10 bits per heavy atom. The van der Waals surface area contributed by atoms with Crippen molar-refractivity contribution in [3.8, 4) is 0 Å². The molecular weight excluding hydrogens is 262 g/mol. The van der Waals surface area contributed by atoms with E-state index in [4.69, 9.17) is 5.73 Å². The van der Waals surface area contributed by atoms with Crippen molar-refractivity contribution in [3.63, 3.8) is 0 Å². The number of carbonyl (C=O) groups is 1. The molecule has 1 aliphatic heterocycles. The zero-order chi connectivity index (χ0) is 14.8. The highest BCUT2D eigenvalue weighted by atomic mass is 16.2. The molecule has 4 heteroatoms. The van der Waals surface area contributed by atoms with Crippen LogP contribution in [-0.2, 0) is 6.54 Å². The fraction of sp³-hybridized carbons (Fsp3) is 0.588. The lowest BCUT2D eigenvalue weighted by molar-refractivity contribution is 0.126. The minimum absolute atomic E-state index is 0.201. The van der Waals surface area contributed by atoms with Gasteiger partial charge in [-0.25, -0.2) is 4.79 Å². The highest BCUT2D eigenvalue weighted by molar-refractivity contribution is 5.75. The molecule has 1 aromatic carbocycles. The second-order valence-electron chi connectivity index (χ2n) is 6.53. The molecule has 21 heavy (non-hydrogen) atoms. The number of anilines is 1. The van der Waals surface area contributed by atoms with E-state index in [2.05, 4.69) is 6.92 Å². The van der Waals surface area contributed by atoms with Gasteiger partial charge in [0.25, 0.3) is 0 Å². The van der Waals surface area contributed by atoms with Crippen LogP contribution in [0.4, 0.5) is 10.5 Å². The van der Waals surface area contributed by atoms with Gasteiger partial charge >= 0.3 is 6.03 Å². The maximum Gasteiger partial charge on any atom is 0.320 e. The molecule has 1 saturated carbocycles. The van der Waals surface area contributed by atoms with Crippen molar-refractivity contribution in [2.75, 3.05) is 18.8 Å². The minimum Gasteiger partial charge on any atom is -0.398 e. The largest absolute Gasteiger partial charge is 0.398 e. The highest BCUT2D eigenvalue weighted by Gasteiger charge is 2.36. The second kappa shape index (κ2) is 5.96. The first-order valence-electron chi connectivity index (χ1n) is 8.04. The number of rotatable bonds is 3. The fourth-order valence-electron chi connectivity index (χ4n) is 3.15. The molecule has 114 valence electrons. The molecular formula is C17H25N3O. The van der Waals surface area contributed by atoms with Crippen molar-refractivity contribution >= 4 is 11.7 Å². The predicted molar refractivity (Wildman–Crippen MR) is 84.8 cm³/mol. The van der Waals surface area contributed by atoms with E-state index < -0.39 is 0 Å². The van der Waals surface area contributed by atoms with Gasteiger partial charge in [0.05, 0.1) is 0 Å². The van der Waals surface area contributed by atoms with Gasteiger partial charge < -0.3 is 15.5 Å². The van der Waals surface area contributed by atoms with Gasteiger partial charge in [0.1, 0.15) is 0 Å². The van der Waals surface area contributed by atoms with Crippen molar-refractivity contribution < 1.29 is 4.79 Å². The first-order chi connectivity index (χ1) is 10.1. The molecule has 2 amide bonds. The zero-order valence-electron chi connectivity index (χ0n) is 12.8. The number of nitrogen functional groups attached to an aromatic ring is 1. The zero-order valence-corrected chi connectivity index (χ0v) is 12.8. The van der Waals surface area contributed by atoms with Crippen molar-refractivity contribution in [1.82, 2.24) is 9.80 Å². The molecule has 0 bridgehead atoms. The molecule has 1 heterocycles. The second-order valence-corrected chi connectivity index (χ2v) is 6.53. The lowest BCUT2D eigenvalue weighted by Gasteiger charge is -2.35. The summed E-state index contributed by atoms with van der Waals surface area (Å²) >= 11 is 0. The van der Waals surface area contributed by atoms with E-state index in [9.17, 15) is 4.79 Å². The third-order valence-electron chi connectivity index (χ3n) is 4.56. The fourth-order valence-corrected chi connectivity index (χ4v) is 3.15. The third-order valence-corrected chi connectivity index (χ3v) is 4.56. The molecule has 1 unspecified atom stereocenters. The number of carbonyl (C=O) groups excluding carboxylic acids is 1. The Morgan fingerprint density at radius 3 is 2.76 bits per heavy atom. The quantitative estimate of drug-likeness (QED) is 0.869. The molecule has 1 saturated heterocycles. The van der Waals surface area contributed by atoms with Gasteiger partial charge in [-0.2, -0.15) is 0 Å². The summed E-state index contributed by atoms with van der Waals surface area (Å²) in [6, 6.07) is 8.48. The standard InChI is InChI=1S/C17H25N3O/c1-13-5-4-10-19(11-13)17(21)20(15-8-9-15)12-14-6-2-3-7-16(14)18/h2-3,6-7,13,15H,4-5,8-12,18H2,1H3. The first-order valence-corrected chi connectivity index (χ1v) is 8.04. The third kappa shape index (κ3) is 3.31. The van der Waals surface area contributed by atoms with E-state index in [-0.39, 0.29) is 6.03 Å². The van der Waals surface area contributed by atoms with Gasteiger partial charge in [-0.15, -0.1) is 0 Å². The van der Waals surface area contributed by atoms with Crippen LogP contribution < -0.4 is 5.73 Å². The molecule has 2 fully saturated rings. The van der Waals surface area contributed by atoms with Gasteiger partial charge in [-0.3, -0.25) is 0 Å². The number of amides is 2. The number of nitrogens with zero attached hydrogens (tertiary/aromatic N) is 2. The summed E-state index contributed by atoms with van der Waals surface area (Å²) in [5.41, 5.74) is 7.88. The number of hydrogen-bond acceptors (Lipinski definition) is 2. The Labute approximate surface area is 126 Å². The average Bonchev–Trinajstić information content (AvgIpc) is 3.30. The van der Waals surface area contributed by atoms with E-state index in [0.717, 1.165) is 43.6 Å². The van der Waals surface area contributed by atoms with E-state index >= 15 is 0 Å². The Kier molecular flexibility index (Phi) is 4.04. The number of likely N-dealkylation sites (tertiary alicyclic amines) is 1. The molecule has 0 spiro atoms. The summed E-state index contributed by atoms with van der Waals surface area (Å²) in [7, 11) is 0. The number of nitrogens with two attached hydrogens (primary N) is 1. The van der Waals surface area contributed by atoms with Gasteiger partial charge in [-0.1, -0.05) is 25.1 Å². The van der Waals surface area contributed by atoms with E-state index in [1.807, 2.05) is 34.1 Å². The molecule has 0 radical (unpaired) electrons. The van der Waals surface area contributed by atoms with Crippen LogP contribution in [0.2, 0.25) is 0 Å². The number of benzene rings is 1. The van der Waals surface area contributed by atoms with Crippen LogP contribution in [0.3, 0.4) is 0 Å². The molecule has 1 aliphatic carbocycles. The van der Waals surface area contributed by atoms with E-state index in [0.29, 0.717) is 18.5 Å². The molecule has 1 atom stereocenters. The van der Waals surface area contributed by atoms with Crippen LogP contribution in [0.5, 0.6) is 0 Å². The summed E-state index contributed by atoms with van der Waals surface area (Å²) in [5, 5.41) is 0. The average molecular weight is 287 g/mol. The maximum absolute atomic E-state index is 12.9. The Hall–Kier alpha value is -1.71. The maximum atomic E-state index is 12.9. The summed E-state index contributed by atoms with van der Waals surface area (Å²) in [6.45, 7) is 4.67. The summed E-state index contributed by atoms with van der Waals surface area (Å²) in [5.74, 6) is 0.616. The number of piperidine rings is 1. The molecule has 3 rings (SSSR count). The number of urea groups is 1. The lowest BCUT2D eigenvalue weighted by atomic mass is 10.0. The van der Waals surface area contributed by atoms with Gasteiger partial charge in [-0.05, 0) is 43.2 Å². The molecule has 0 aromatic heterocycles. The van der Waals surface area contributed by atoms with Crippen LogP contribution in [0.1, 0.15) is 38.2 Å².